The molecule has 0 aliphatic rings. The second-order valence-corrected chi connectivity index (χ2v) is 3.68. The van der Waals surface area contributed by atoms with E-state index >= 15 is 0 Å². The van der Waals surface area contributed by atoms with Crippen LogP contribution in [0, 0.1) is 0 Å². The summed E-state index contributed by atoms with van der Waals surface area (Å²) >= 11 is 11.3. The summed E-state index contributed by atoms with van der Waals surface area (Å²) in [6, 6.07) is 5.30. The van der Waals surface area contributed by atoms with Gasteiger partial charge in [0.1, 0.15) is 4.49 Å². The number of nitrogens with two attached hydrogens (primary N) is 2. The van der Waals surface area contributed by atoms with E-state index < -0.39 is 0 Å². The largest absolute Gasteiger partial charge is 0.397 e. The highest BCUT2D eigenvalue weighted by molar-refractivity contribution is 6.58. The van der Waals surface area contributed by atoms with Gasteiger partial charge in [-0.2, -0.15) is 0 Å². The molecule has 0 amide bonds. The summed E-state index contributed by atoms with van der Waals surface area (Å²) in [6.45, 7) is 1.82. The maximum Gasteiger partial charge on any atom is 0.110 e. The molecule has 0 aliphatic carbocycles. The van der Waals surface area contributed by atoms with Crippen LogP contribution < -0.4 is 11.5 Å². The Bertz CT molecular complexity index is 355. The number of rotatable bonds is 1. The average Bonchev–Trinajstić information content (AvgIpc) is 2.08. The molecule has 1 aromatic carbocycles. The third kappa shape index (κ3) is 2.29. The van der Waals surface area contributed by atoms with Crippen LogP contribution in [0.5, 0.6) is 0 Å². The van der Waals surface area contributed by atoms with Crippen molar-refractivity contribution in [3.63, 3.8) is 0 Å². The summed E-state index contributed by atoms with van der Waals surface area (Å²) in [4.78, 5) is 0. The minimum absolute atomic E-state index is 0.240. The molecule has 0 atom stereocenters. The van der Waals surface area contributed by atoms with Crippen LogP contribution in [0.25, 0.3) is 5.57 Å². The molecular weight excluding hydrogens is 207 g/mol. The first-order valence-electron chi connectivity index (χ1n) is 3.69. The predicted molar refractivity (Wildman–Crippen MR) is 59.6 cm³/mol. The van der Waals surface area contributed by atoms with E-state index in [-0.39, 0.29) is 4.49 Å². The van der Waals surface area contributed by atoms with Crippen LogP contribution in [-0.4, -0.2) is 0 Å². The van der Waals surface area contributed by atoms with Gasteiger partial charge in [0.15, 0.2) is 0 Å². The van der Waals surface area contributed by atoms with E-state index in [1.54, 1.807) is 12.1 Å². The Morgan fingerprint density at radius 3 is 2.23 bits per heavy atom. The van der Waals surface area contributed by atoms with Crippen molar-refractivity contribution < 1.29 is 0 Å². The molecule has 0 fully saturated rings. The second-order valence-electron chi connectivity index (χ2n) is 2.73. The van der Waals surface area contributed by atoms with Crippen LogP contribution in [0.1, 0.15) is 12.5 Å². The topological polar surface area (TPSA) is 52.0 Å². The van der Waals surface area contributed by atoms with Gasteiger partial charge in [-0.25, -0.2) is 0 Å². The molecule has 0 aromatic heterocycles. The van der Waals surface area contributed by atoms with Gasteiger partial charge in [0.2, 0.25) is 0 Å². The Morgan fingerprint density at radius 2 is 1.77 bits per heavy atom. The SMILES string of the molecule is CC(=C(Cl)Cl)c1ccc(N)c(N)c1. The molecule has 0 bridgehead atoms. The van der Waals surface area contributed by atoms with Crippen LogP contribution in [0.2, 0.25) is 0 Å². The van der Waals surface area contributed by atoms with Crippen LogP contribution in [0.3, 0.4) is 0 Å². The lowest BCUT2D eigenvalue weighted by Crippen LogP contribution is -1.95. The quantitative estimate of drug-likeness (QED) is 0.710. The molecule has 1 aromatic rings. The Kier molecular flexibility index (Phi) is 3.07. The number of allylic oxidation sites excluding steroid dienone is 1. The number of anilines is 2. The summed E-state index contributed by atoms with van der Waals surface area (Å²) < 4.78 is 0.240. The highest BCUT2D eigenvalue weighted by atomic mass is 35.5. The molecule has 1 rings (SSSR count). The molecule has 2 nitrogen and oxygen atoms in total. The van der Waals surface area contributed by atoms with E-state index in [1.165, 1.54) is 0 Å². The zero-order valence-electron chi connectivity index (χ0n) is 7.14. The van der Waals surface area contributed by atoms with Gasteiger partial charge in [-0.15, -0.1) is 0 Å². The number of halogens is 2. The molecule has 0 heterocycles. The fourth-order valence-corrected chi connectivity index (χ4v) is 1.14. The van der Waals surface area contributed by atoms with Gasteiger partial charge in [0.25, 0.3) is 0 Å². The smallest absolute Gasteiger partial charge is 0.110 e. The summed E-state index contributed by atoms with van der Waals surface area (Å²) in [5.74, 6) is 0. The molecule has 0 saturated heterocycles. The van der Waals surface area contributed by atoms with Crippen molar-refractivity contribution in [2.75, 3.05) is 11.5 Å². The maximum absolute atomic E-state index is 5.63. The van der Waals surface area contributed by atoms with E-state index in [2.05, 4.69) is 0 Å². The van der Waals surface area contributed by atoms with Crippen molar-refractivity contribution in [1.29, 1.82) is 0 Å². The molecule has 0 aliphatic heterocycles. The number of hydrogen-bond acceptors (Lipinski definition) is 2. The monoisotopic (exact) mass is 216 g/mol. The van der Waals surface area contributed by atoms with Crippen molar-refractivity contribution in [3.05, 3.63) is 28.3 Å². The van der Waals surface area contributed by atoms with Crippen molar-refractivity contribution >= 4 is 40.1 Å². The molecule has 0 unspecified atom stereocenters. The van der Waals surface area contributed by atoms with E-state index in [9.17, 15) is 0 Å². The molecule has 13 heavy (non-hydrogen) atoms. The summed E-state index contributed by atoms with van der Waals surface area (Å²) in [5.41, 5.74) is 13.9. The first-order valence-corrected chi connectivity index (χ1v) is 4.45. The van der Waals surface area contributed by atoms with Gasteiger partial charge in [-0.1, -0.05) is 29.3 Å². The van der Waals surface area contributed by atoms with E-state index in [0.29, 0.717) is 11.4 Å². The highest BCUT2D eigenvalue weighted by Gasteiger charge is 2.02. The molecule has 0 saturated carbocycles. The predicted octanol–water partition coefficient (Wildman–Crippen LogP) is 3.02. The second kappa shape index (κ2) is 3.90. The normalized spacial score (nSPS) is 9.77. The Morgan fingerprint density at radius 1 is 1.15 bits per heavy atom. The molecule has 0 radical (unpaired) electrons. The number of benzene rings is 1. The average molecular weight is 217 g/mol. The molecule has 70 valence electrons. The third-order valence-electron chi connectivity index (χ3n) is 1.80. The fraction of sp³-hybridized carbons (Fsp3) is 0.111. The fourth-order valence-electron chi connectivity index (χ4n) is 0.917. The van der Waals surface area contributed by atoms with Gasteiger partial charge in [0.05, 0.1) is 11.4 Å². The summed E-state index contributed by atoms with van der Waals surface area (Å²) in [6.07, 6.45) is 0. The van der Waals surface area contributed by atoms with E-state index in [0.717, 1.165) is 11.1 Å². The lowest BCUT2D eigenvalue weighted by atomic mass is 10.1. The Hall–Kier alpha value is -0.860. The van der Waals surface area contributed by atoms with Crippen LogP contribution in [-0.2, 0) is 0 Å². The zero-order chi connectivity index (χ0) is 10.0. The van der Waals surface area contributed by atoms with Gasteiger partial charge in [0, 0.05) is 0 Å². The van der Waals surface area contributed by atoms with Gasteiger partial charge in [-0.3, -0.25) is 0 Å². The molecule has 0 spiro atoms. The standard InChI is InChI=1S/C9H10Cl2N2/c1-5(9(10)11)6-2-3-7(12)8(13)4-6/h2-4H,12-13H2,1H3. The first kappa shape index (κ1) is 10.2. The van der Waals surface area contributed by atoms with Crippen LogP contribution in [0.4, 0.5) is 11.4 Å². The molecule has 4 heteroatoms. The lowest BCUT2D eigenvalue weighted by Gasteiger charge is -2.05. The van der Waals surface area contributed by atoms with Crippen LogP contribution >= 0.6 is 23.2 Å². The minimum atomic E-state index is 0.240. The molecular formula is C9H10Cl2N2. The Labute approximate surface area is 87.1 Å². The lowest BCUT2D eigenvalue weighted by molar-refractivity contribution is 1.56. The van der Waals surface area contributed by atoms with Gasteiger partial charge < -0.3 is 11.5 Å². The van der Waals surface area contributed by atoms with Crippen molar-refractivity contribution in [1.82, 2.24) is 0 Å². The summed E-state index contributed by atoms with van der Waals surface area (Å²) in [5, 5.41) is 0. The van der Waals surface area contributed by atoms with Crippen LogP contribution in [0.15, 0.2) is 22.7 Å². The minimum Gasteiger partial charge on any atom is -0.397 e. The zero-order valence-corrected chi connectivity index (χ0v) is 8.65. The van der Waals surface area contributed by atoms with Crippen molar-refractivity contribution in [2.24, 2.45) is 0 Å². The maximum atomic E-state index is 5.63. The van der Waals surface area contributed by atoms with Crippen molar-refractivity contribution in [3.8, 4) is 0 Å². The highest BCUT2D eigenvalue weighted by Crippen LogP contribution is 2.26. The Balaban J connectivity index is 3.19. The first-order chi connectivity index (χ1) is 6.02. The molecule has 4 N–H and O–H groups in total. The third-order valence-corrected chi connectivity index (χ3v) is 2.37. The summed E-state index contributed by atoms with van der Waals surface area (Å²) in [7, 11) is 0. The van der Waals surface area contributed by atoms with Crippen molar-refractivity contribution in [2.45, 2.75) is 6.92 Å². The van der Waals surface area contributed by atoms with E-state index in [1.807, 2.05) is 13.0 Å². The van der Waals surface area contributed by atoms with Gasteiger partial charge in [-0.05, 0) is 30.2 Å². The van der Waals surface area contributed by atoms with E-state index in [4.69, 9.17) is 34.7 Å². The van der Waals surface area contributed by atoms with Gasteiger partial charge >= 0.3 is 0 Å². The number of nitrogen functional groups attached to an aromatic ring is 2. The number of hydrogen-bond donors (Lipinski definition) is 2.